The van der Waals surface area contributed by atoms with Crippen molar-refractivity contribution >= 4 is 11.8 Å². The lowest BCUT2D eigenvalue weighted by molar-refractivity contribution is -0.133. The summed E-state index contributed by atoms with van der Waals surface area (Å²) in [5.41, 5.74) is 0.448. The summed E-state index contributed by atoms with van der Waals surface area (Å²) in [6.07, 6.45) is 5.38. The van der Waals surface area contributed by atoms with E-state index in [-0.39, 0.29) is 17.9 Å². The van der Waals surface area contributed by atoms with Crippen LogP contribution in [0.25, 0.3) is 0 Å². The Morgan fingerprint density at radius 1 is 1.15 bits per heavy atom. The van der Waals surface area contributed by atoms with Gasteiger partial charge in [-0.15, -0.1) is 0 Å². The summed E-state index contributed by atoms with van der Waals surface area (Å²) >= 11 is 0. The third kappa shape index (κ3) is 2.98. The van der Waals surface area contributed by atoms with Crippen molar-refractivity contribution in [3.05, 3.63) is 30.1 Å². The van der Waals surface area contributed by atoms with E-state index >= 15 is 0 Å². The van der Waals surface area contributed by atoms with E-state index in [1.807, 2.05) is 4.90 Å². The van der Waals surface area contributed by atoms with Crippen LogP contribution in [0, 0.1) is 5.92 Å². The highest BCUT2D eigenvalue weighted by molar-refractivity contribution is 5.92. The Balaban J connectivity index is 1.49. The number of nitrogens with one attached hydrogen (secondary N) is 1. The molecule has 106 valence electrons. The fourth-order valence-electron chi connectivity index (χ4n) is 2.59. The molecule has 5 nitrogen and oxygen atoms in total. The van der Waals surface area contributed by atoms with Crippen molar-refractivity contribution in [2.45, 2.75) is 31.7 Å². The number of nitrogens with zero attached hydrogens (tertiary/aromatic N) is 2. The number of carbonyl (C=O) groups excluding carboxylic acids is 2. The van der Waals surface area contributed by atoms with Gasteiger partial charge < -0.3 is 10.2 Å². The lowest BCUT2D eigenvalue weighted by Crippen LogP contribution is -2.47. The van der Waals surface area contributed by atoms with Crippen LogP contribution < -0.4 is 5.32 Å². The van der Waals surface area contributed by atoms with Crippen LogP contribution in [0.3, 0.4) is 0 Å². The van der Waals surface area contributed by atoms with E-state index in [1.165, 1.54) is 0 Å². The molecule has 2 heterocycles. The van der Waals surface area contributed by atoms with Gasteiger partial charge in [-0.1, -0.05) is 6.07 Å². The summed E-state index contributed by atoms with van der Waals surface area (Å²) in [5, 5.41) is 3.00. The summed E-state index contributed by atoms with van der Waals surface area (Å²) in [6.45, 7) is 1.50. The molecular formula is C15H19N3O2. The van der Waals surface area contributed by atoms with Crippen molar-refractivity contribution in [1.82, 2.24) is 15.2 Å². The van der Waals surface area contributed by atoms with E-state index in [9.17, 15) is 9.59 Å². The Bertz CT molecular complexity index is 491. The standard InChI is InChI=1S/C15H19N3O2/c19-14(13-3-1-2-8-16-13)17-12-6-9-18(10-7-12)15(20)11-4-5-11/h1-3,8,11-12H,4-7,9-10H2,(H,17,19). The van der Waals surface area contributed by atoms with E-state index in [0.717, 1.165) is 38.8 Å². The molecule has 1 saturated carbocycles. The summed E-state index contributed by atoms with van der Waals surface area (Å²) in [4.78, 5) is 29.9. The Morgan fingerprint density at radius 3 is 2.50 bits per heavy atom. The number of carbonyl (C=O) groups is 2. The second kappa shape index (κ2) is 5.61. The molecule has 3 rings (SSSR count). The topological polar surface area (TPSA) is 62.3 Å². The largest absolute Gasteiger partial charge is 0.348 e. The van der Waals surface area contributed by atoms with Crippen molar-refractivity contribution in [1.29, 1.82) is 0 Å². The molecule has 1 aromatic heterocycles. The Kier molecular flexibility index (Phi) is 3.67. The molecule has 2 amide bonds. The van der Waals surface area contributed by atoms with Crippen LogP contribution in [0.4, 0.5) is 0 Å². The lowest BCUT2D eigenvalue weighted by atomic mass is 10.0. The maximum absolute atomic E-state index is 12.0. The number of hydrogen-bond donors (Lipinski definition) is 1. The van der Waals surface area contributed by atoms with Gasteiger partial charge in [0.2, 0.25) is 5.91 Å². The molecule has 1 aliphatic heterocycles. The van der Waals surface area contributed by atoms with Gasteiger partial charge >= 0.3 is 0 Å². The van der Waals surface area contributed by atoms with E-state index in [2.05, 4.69) is 10.3 Å². The highest BCUT2D eigenvalue weighted by atomic mass is 16.2. The molecule has 0 spiro atoms. The minimum Gasteiger partial charge on any atom is -0.348 e. The second-order valence-corrected chi connectivity index (χ2v) is 5.56. The van der Waals surface area contributed by atoms with E-state index < -0.39 is 0 Å². The highest BCUT2D eigenvalue weighted by Gasteiger charge is 2.35. The summed E-state index contributed by atoms with van der Waals surface area (Å²) in [7, 11) is 0. The van der Waals surface area contributed by atoms with Crippen LogP contribution in [-0.2, 0) is 4.79 Å². The van der Waals surface area contributed by atoms with Gasteiger partial charge in [0.15, 0.2) is 0 Å². The average Bonchev–Trinajstić information content (AvgIpc) is 3.33. The number of aromatic nitrogens is 1. The number of pyridine rings is 1. The second-order valence-electron chi connectivity index (χ2n) is 5.56. The van der Waals surface area contributed by atoms with Gasteiger partial charge in [-0.05, 0) is 37.8 Å². The van der Waals surface area contributed by atoms with Crippen molar-refractivity contribution in [3.8, 4) is 0 Å². The van der Waals surface area contributed by atoms with Gasteiger partial charge in [0, 0.05) is 31.2 Å². The minimum atomic E-state index is -0.127. The average molecular weight is 273 g/mol. The zero-order valence-corrected chi connectivity index (χ0v) is 11.4. The highest BCUT2D eigenvalue weighted by Crippen LogP contribution is 2.31. The van der Waals surface area contributed by atoms with Crippen LogP contribution in [0.5, 0.6) is 0 Å². The first-order valence-corrected chi connectivity index (χ1v) is 7.25. The zero-order valence-electron chi connectivity index (χ0n) is 11.4. The minimum absolute atomic E-state index is 0.127. The Morgan fingerprint density at radius 2 is 1.90 bits per heavy atom. The Labute approximate surface area is 118 Å². The molecule has 0 aromatic carbocycles. The van der Waals surface area contributed by atoms with Crippen LogP contribution in [-0.4, -0.2) is 40.8 Å². The fraction of sp³-hybridized carbons (Fsp3) is 0.533. The molecule has 0 unspecified atom stereocenters. The van der Waals surface area contributed by atoms with Crippen LogP contribution in [0.1, 0.15) is 36.2 Å². The van der Waals surface area contributed by atoms with Gasteiger partial charge in [0.1, 0.15) is 5.69 Å². The summed E-state index contributed by atoms with van der Waals surface area (Å²) in [5.74, 6) is 0.465. The molecule has 0 radical (unpaired) electrons. The first kappa shape index (κ1) is 13.1. The number of amides is 2. The molecule has 0 bridgehead atoms. The van der Waals surface area contributed by atoms with Crippen LogP contribution >= 0.6 is 0 Å². The maximum atomic E-state index is 12.0. The van der Waals surface area contributed by atoms with Crippen molar-refractivity contribution in [3.63, 3.8) is 0 Å². The van der Waals surface area contributed by atoms with E-state index in [0.29, 0.717) is 11.6 Å². The summed E-state index contributed by atoms with van der Waals surface area (Å²) in [6, 6.07) is 5.45. The van der Waals surface area contributed by atoms with Gasteiger partial charge in [-0.25, -0.2) is 0 Å². The molecule has 5 heteroatoms. The third-order valence-electron chi connectivity index (χ3n) is 3.97. The third-order valence-corrected chi connectivity index (χ3v) is 3.97. The van der Waals surface area contributed by atoms with E-state index in [1.54, 1.807) is 24.4 Å². The molecule has 1 aromatic rings. The molecule has 0 atom stereocenters. The normalized spacial score (nSPS) is 19.7. The predicted molar refractivity (Wildman–Crippen MR) is 74.0 cm³/mol. The van der Waals surface area contributed by atoms with Crippen molar-refractivity contribution < 1.29 is 9.59 Å². The van der Waals surface area contributed by atoms with Gasteiger partial charge in [0.05, 0.1) is 0 Å². The number of piperidine rings is 1. The van der Waals surface area contributed by atoms with Crippen LogP contribution in [0.2, 0.25) is 0 Å². The zero-order chi connectivity index (χ0) is 13.9. The molecular weight excluding hydrogens is 254 g/mol. The quantitative estimate of drug-likeness (QED) is 0.900. The number of likely N-dealkylation sites (tertiary alicyclic amines) is 1. The van der Waals surface area contributed by atoms with Gasteiger partial charge in [0.25, 0.3) is 5.91 Å². The predicted octanol–water partition coefficient (Wildman–Crippen LogP) is 1.21. The van der Waals surface area contributed by atoms with Crippen molar-refractivity contribution in [2.24, 2.45) is 5.92 Å². The van der Waals surface area contributed by atoms with E-state index in [4.69, 9.17) is 0 Å². The van der Waals surface area contributed by atoms with Crippen molar-refractivity contribution in [2.75, 3.05) is 13.1 Å². The molecule has 1 aliphatic carbocycles. The molecule has 2 aliphatic rings. The molecule has 1 saturated heterocycles. The SMILES string of the molecule is O=C(NC1CCN(C(=O)C2CC2)CC1)c1ccccn1. The molecule has 1 N–H and O–H groups in total. The first-order chi connectivity index (χ1) is 9.74. The first-order valence-electron chi connectivity index (χ1n) is 7.25. The smallest absolute Gasteiger partial charge is 0.270 e. The molecule has 2 fully saturated rings. The molecule has 20 heavy (non-hydrogen) atoms. The number of hydrogen-bond acceptors (Lipinski definition) is 3. The monoisotopic (exact) mass is 273 g/mol. The lowest BCUT2D eigenvalue weighted by Gasteiger charge is -2.32. The van der Waals surface area contributed by atoms with Crippen LogP contribution in [0.15, 0.2) is 24.4 Å². The maximum Gasteiger partial charge on any atom is 0.270 e. The summed E-state index contributed by atoms with van der Waals surface area (Å²) < 4.78 is 0. The Hall–Kier alpha value is -1.91. The fourth-order valence-corrected chi connectivity index (χ4v) is 2.59. The van der Waals surface area contributed by atoms with Gasteiger partial charge in [-0.3, -0.25) is 14.6 Å². The number of rotatable bonds is 3. The van der Waals surface area contributed by atoms with Gasteiger partial charge in [-0.2, -0.15) is 0 Å².